The maximum atomic E-state index is 12.7. The van der Waals surface area contributed by atoms with Gasteiger partial charge in [-0.05, 0) is 91.6 Å². The van der Waals surface area contributed by atoms with Gasteiger partial charge in [-0.25, -0.2) is 0 Å². The van der Waals surface area contributed by atoms with Gasteiger partial charge in [-0.1, -0.05) is 62.4 Å². The van der Waals surface area contributed by atoms with Crippen LogP contribution in [0.15, 0.2) is 89.8 Å². The largest absolute Gasteiger partial charge is 0.358 e. The van der Waals surface area contributed by atoms with Crippen molar-refractivity contribution in [1.82, 2.24) is 10.3 Å². The molecule has 4 N–H and O–H groups in total. The molecule has 1 aliphatic carbocycles. The van der Waals surface area contributed by atoms with E-state index in [2.05, 4.69) is 47.7 Å². The van der Waals surface area contributed by atoms with Crippen LogP contribution in [0.2, 0.25) is 0 Å². The summed E-state index contributed by atoms with van der Waals surface area (Å²) in [5.41, 5.74) is 6.65. The molecule has 42 heavy (non-hydrogen) atoms. The number of aromatic amines is 1. The van der Waals surface area contributed by atoms with Gasteiger partial charge in [0.2, 0.25) is 0 Å². The molecule has 5 aromatic rings. The van der Waals surface area contributed by atoms with Gasteiger partial charge in [-0.3, -0.25) is 9.35 Å². The molecule has 0 saturated carbocycles. The normalized spacial score (nSPS) is 14.7. The first-order chi connectivity index (χ1) is 20.3. The second-order valence-corrected chi connectivity index (χ2v) is 12.1. The fraction of sp³-hybridized carbons (Fsp3) is 0.265. The Bertz CT molecular complexity index is 1820. The number of fused-ring (bicyclic) bond motifs is 4. The minimum Gasteiger partial charge on any atom is -0.358 e. The monoisotopic (exact) mass is 583 g/mol. The lowest BCUT2D eigenvalue weighted by Crippen LogP contribution is -2.34. The third kappa shape index (κ3) is 6.73. The number of benzene rings is 4. The minimum atomic E-state index is -4.13. The van der Waals surface area contributed by atoms with E-state index >= 15 is 0 Å². The van der Waals surface area contributed by atoms with Gasteiger partial charge in [0.15, 0.2) is 0 Å². The molecule has 7 nitrogen and oxygen atoms in total. The lowest BCUT2D eigenvalue weighted by Gasteiger charge is -2.23. The van der Waals surface area contributed by atoms with Crippen molar-refractivity contribution in [3.05, 3.63) is 107 Å². The predicted molar refractivity (Wildman–Crippen MR) is 170 cm³/mol. The highest BCUT2D eigenvalue weighted by molar-refractivity contribution is 7.86. The van der Waals surface area contributed by atoms with Crippen molar-refractivity contribution >= 4 is 43.4 Å². The van der Waals surface area contributed by atoms with Crippen LogP contribution in [0.5, 0.6) is 0 Å². The molecule has 1 unspecified atom stereocenters. The van der Waals surface area contributed by atoms with Crippen molar-refractivity contribution in [2.45, 2.75) is 56.9 Å². The number of hydrogen-bond acceptors (Lipinski definition) is 4. The van der Waals surface area contributed by atoms with Gasteiger partial charge in [-0.2, -0.15) is 8.42 Å². The standard InChI is InChI=1S/C24H29N3O.C10H8O3S/c1-3-12-25-18-8-10-22-20(14-18)21-15-19(9-11-23(21)27-22)26-24(28)17-7-5-6-16(4-2)13-17;11-14(12,13)10-7-3-5-8-4-1-2-6-9(8)10/h5-7,9,11,13,15,18,25,27H,3-4,8,10,12,14H2,1-2H3,(H,26,28);1-7H,(H,11,12,13). The molecule has 1 atom stereocenters. The van der Waals surface area contributed by atoms with Gasteiger partial charge in [0.25, 0.3) is 16.0 Å². The van der Waals surface area contributed by atoms with Crippen LogP contribution in [-0.4, -0.2) is 36.4 Å². The van der Waals surface area contributed by atoms with Crippen molar-refractivity contribution in [1.29, 1.82) is 0 Å². The Morgan fingerprint density at radius 3 is 2.52 bits per heavy atom. The zero-order valence-electron chi connectivity index (χ0n) is 24.0. The van der Waals surface area contributed by atoms with Gasteiger partial charge in [0.05, 0.1) is 0 Å². The van der Waals surface area contributed by atoms with E-state index < -0.39 is 10.1 Å². The summed E-state index contributed by atoms with van der Waals surface area (Å²) in [5.74, 6) is -0.0541. The number of rotatable bonds is 7. The first-order valence-electron chi connectivity index (χ1n) is 14.5. The van der Waals surface area contributed by atoms with Crippen LogP contribution in [-0.2, 0) is 29.4 Å². The minimum absolute atomic E-state index is 0.0457. The summed E-state index contributed by atoms with van der Waals surface area (Å²) in [7, 11) is -4.13. The molecule has 8 heteroatoms. The lowest BCUT2D eigenvalue weighted by atomic mass is 9.91. The first kappa shape index (κ1) is 29.5. The quantitative estimate of drug-likeness (QED) is 0.155. The van der Waals surface area contributed by atoms with Crippen molar-refractivity contribution in [2.75, 3.05) is 11.9 Å². The maximum Gasteiger partial charge on any atom is 0.295 e. The lowest BCUT2D eigenvalue weighted by molar-refractivity contribution is 0.102. The van der Waals surface area contributed by atoms with Crippen molar-refractivity contribution in [3.8, 4) is 0 Å². The molecular formula is C34H37N3O4S. The molecule has 0 aliphatic heterocycles. The van der Waals surface area contributed by atoms with E-state index in [0.717, 1.165) is 48.8 Å². The number of H-pyrrole nitrogens is 1. The molecule has 0 fully saturated rings. The van der Waals surface area contributed by atoms with Crippen molar-refractivity contribution < 1.29 is 17.8 Å². The molecule has 0 spiro atoms. The molecule has 1 amide bonds. The van der Waals surface area contributed by atoms with Crippen molar-refractivity contribution in [2.24, 2.45) is 0 Å². The summed E-state index contributed by atoms with van der Waals surface area (Å²) in [6.07, 6.45) is 5.39. The topological polar surface area (TPSA) is 111 Å². The van der Waals surface area contributed by atoms with Crippen LogP contribution in [0, 0.1) is 0 Å². The Balaban J connectivity index is 0.000000211. The molecule has 0 saturated heterocycles. The summed E-state index contributed by atoms with van der Waals surface area (Å²) >= 11 is 0. The van der Waals surface area contributed by atoms with Gasteiger partial charge >= 0.3 is 0 Å². The van der Waals surface area contributed by atoms with E-state index in [1.165, 1.54) is 34.7 Å². The van der Waals surface area contributed by atoms with Gasteiger partial charge in [-0.15, -0.1) is 0 Å². The number of anilines is 1. The Kier molecular flexibility index (Phi) is 9.06. The van der Waals surface area contributed by atoms with E-state index in [4.69, 9.17) is 4.55 Å². The number of hydrogen-bond donors (Lipinski definition) is 4. The van der Waals surface area contributed by atoms with Crippen LogP contribution in [0.25, 0.3) is 21.7 Å². The SMILES string of the molecule is CCCNC1CCc2[nH]c3ccc(NC(=O)c4cccc(CC)c4)cc3c2C1.O=S(=O)(O)c1cccc2ccccc12. The van der Waals surface area contributed by atoms with E-state index in [0.29, 0.717) is 17.0 Å². The number of nitrogens with one attached hydrogen (secondary N) is 3. The molecule has 1 heterocycles. The molecular weight excluding hydrogens is 546 g/mol. The molecule has 1 aliphatic rings. The smallest absolute Gasteiger partial charge is 0.295 e. The van der Waals surface area contributed by atoms with Gasteiger partial charge in [0, 0.05) is 39.3 Å². The second-order valence-electron chi connectivity index (χ2n) is 10.7. The summed E-state index contributed by atoms with van der Waals surface area (Å²) in [6.45, 7) is 5.38. The molecule has 1 aromatic heterocycles. The van der Waals surface area contributed by atoms with E-state index in [9.17, 15) is 13.2 Å². The van der Waals surface area contributed by atoms with Crippen LogP contribution in [0.4, 0.5) is 5.69 Å². The van der Waals surface area contributed by atoms with E-state index in [1.54, 1.807) is 30.3 Å². The number of amides is 1. The molecule has 218 valence electrons. The van der Waals surface area contributed by atoms with Crippen LogP contribution >= 0.6 is 0 Å². The summed E-state index contributed by atoms with van der Waals surface area (Å²) < 4.78 is 31.0. The Morgan fingerprint density at radius 1 is 0.952 bits per heavy atom. The summed E-state index contributed by atoms with van der Waals surface area (Å²) in [5, 5.41) is 9.31. The zero-order chi connectivity index (χ0) is 29.7. The van der Waals surface area contributed by atoms with Gasteiger partial charge < -0.3 is 15.6 Å². The fourth-order valence-corrected chi connectivity index (χ4v) is 6.29. The van der Waals surface area contributed by atoms with E-state index in [-0.39, 0.29) is 10.8 Å². The highest BCUT2D eigenvalue weighted by atomic mass is 32.2. The van der Waals surface area contributed by atoms with Crippen LogP contribution in [0.3, 0.4) is 0 Å². The van der Waals surface area contributed by atoms with Crippen LogP contribution < -0.4 is 10.6 Å². The average molecular weight is 584 g/mol. The second kappa shape index (κ2) is 12.9. The Morgan fingerprint density at radius 2 is 1.74 bits per heavy atom. The fourth-order valence-electron chi connectivity index (χ4n) is 5.57. The van der Waals surface area contributed by atoms with Crippen molar-refractivity contribution in [3.63, 3.8) is 0 Å². The first-order valence-corrected chi connectivity index (χ1v) is 15.9. The third-order valence-electron chi connectivity index (χ3n) is 7.75. The Labute approximate surface area is 247 Å². The summed E-state index contributed by atoms with van der Waals surface area (Å²) in [4.78, 5) is 16.2. The predicted octanol–water partition coefficient (Wildman–Crippen LogP) is 6.93. The zero-order valence-corrected chi connectivity index (χ0v) is 24.8. The highest BCUT2D eigenvalue weighted by Crippen LogP contribution is 2.31. The van der Waals surface area contributed by atoms with Crippen LogP contribution in [0.1, 0.15) is 53.9 Å². The highest BCUT2D eigenvalue weighted by Gasteiger charge is 2.22. The Hall–Kier alpha value is -3.98. The third-order valence-corrected chi connectivity index (χ3v) is 8.67. The number of carbonyl (C=O) groups excluding carboxylic acids is 1. The molecule has 0 radical (unpaired) electrons. The molecule has 6 rings (SSSR count). The molecule has 0 bridgehead atoms. The number of aryl methyl sites for hydroxylation is 2. The molecule has 4 aromatic carbocycles. The number of aromatic nitrogens is 1. The van der Waals surface area contributed by atoms with Gasteiger partial charge in [0.1, 0.15) is 4.90 Å². The average Bonchev–Trinajstić information content (AvgIpc) is 3.37. The summed E-state index contributed by atoms with van der Waals surface area (Å²) in [6, 6.07) is 26.4. The number of carbonyl (C=O) groups is 1. The van der Waals surface area contributed by atoms with E-state index in [1.807, 2.05) is 30.3 Å². The maximum absolute atomic E-state index is 12.7.